The lowest BCUT2D eigenvalue weighted by Crippen LogP contribution is -2.48. The van der Waals surface area contributed by atoms with Crippen LogP contribution in [0.2, 0.25) is 0 Å². The molecule has 0 radical (unpaired) electrons. The van der Waals surface area contributed by atoms with E-state index in [1.54, 1.807) is 16.2 Å². The normalized spacial score (nSPS) is 15.6. The highest BCUT2D eigenvalue weighted by Crippen LogP contribution is 2.24. The molecule has 6 heteroatoms. The molecule has 0 N–H and O–H groups in total. The zero-order chi connectivity index (χ0) is 16.1. The Morgan fingerprint density at radius 1 is 1.22 bits per heavy atom. The molecule has 1 aliphatic rings. The molecule has 1 saturated heterocycles. The lowest BCUT2D eigenvalue weighted by atomic mass is 10.2. The molecule has 2 heterocycles. The predicted molar refractivity (Wildman–Crippen MR) is 91.4 cm³/mol. The van der Waals surface area contributed by atoms with Crippen LogP contribution in [0.15, 0.2) is 35.7 Å². The van der Waals surface area contributed by atoms with Crippen molar-refractivity contribution in [2.45, 2.75) is 13.5 Å². The smallest absolute Gasteiger partial charge is 0.409 e. The van der Waals surface area contributed by atoms with E-state index in [4.69, 9.17) is 9.72 Å². The van der Waals surface area contributed by atoms with Gasteiger partial charge in [-0.15, -0.1) is 11.3 Å². The Morgan fingerprint density at radius 3 is 2.65 bits per heavy atom. The van der Waals surface area contributed by atoms with Crippen molar-refractivity contribution < 1.29 is 9.53 Å². The maximum absolute atomic E-state index is 11.7. The molecule has 1 fully saturated rings. The van der Waals surface area contributed by atoms with E-state index in [0.717, 1.165) is 35.9 Å². The molecule has 1 amide bonds. The van der Waals surface area contributed by atoms with Crippen LogP contribution in [0.3, 0.4) is 0 Å². The summed E-state index contributed by atoms with van der Waals surface area (Å²) in [6, 6.07) is 10.2. The zero-order valence-electron chi connectivity index (χ0n) is 13.3. The Balaban J connectivity index is 1.53. The van der Waals surface area contributed by atoms with Crippen LogP contribution >= 0.6 is 11.3 Å². The third-order valence-electron chi connectivity index (χ3n) is 3.86. The molecule has 1 aliphatic heterocycles. The number of thiazole rings is 1. The summed E-state index contributed by atoms with van der Waals surface area (Å²) in [5, 5.41) is 3.19. The van der Waals surface area contributed by atoms with Gasteiger partial charge in [0.15, 0.2) is 0 Å². The molecule has 0 atom stereocenters. The number of aromatic nitrogens is 1. The van der Waals surface area contributed by atoms with Crippen LogP contribution in [0.1, 0.15) is 12.6 Å². The summed E-state index contributed by atoms with van der Waals surface area (Å²) >= 11 is 1.68. The van der Waals surface area contributed by atoms with Gasteiger partial charge in [0.2, 0.25) is 0 Å². The Morgan fingerprint density at radius 2 is 1.96 bits per heavy atom. The van der Waals surface area contributed by atoms with Crippen molar-refractivity contribution in [1.29, 1.82) is 0 Å². The fraction of sp³-hybridized carbons (Fsp3) is 0.412. The molecular weight excluding hydrogens is 310 g/mol. The van der Waals surface area contributed by atoms with Gasteiger partial charge in [-0.1, -0.05) is 30.3 Å². The van der Waals surface area contributed by atoms with Crippen molar-refractivity contribution in [3.8, 4) is 10.6 Å². The van der Waals surface area contributed by atoms with Gasteiger partial charge in [0, 0.05) is 43.7 Å². The monoisotopic (exact) mass is 331 g/mol. The maximum Gasteiger partial charge on any atom is 0.409 e. The van der Waals surface area contributed by atoms with Crippen molar-refractivity contribution in [1.82, 2.24) is 14.8 Å². The van der Waals surface area contributed by atoms with E-state index in [2.05, 4.69) is 22.4 Å². The molecule has 23 heavy (non-hydrogen) atoms. The van der Waals surface area contributed by atoms with E-state index in [1.807, 2.05) is 25.1 Å². The van der Waals surface area contributed by atoms with Crippen molar-refractivity contribution >= 4 is 17.4 Å². The molecule has 5 nitrogen and oxygen atoms in total. The number of hydrogen-bond acceptors (Lipinski definition) is 5. The number of hydrogen-bond donors (Lipinski definition) is 0. The summed E-state index contributed by atoms with van der Waals surface area (Å²) < 4.78 is 5.04. The van der Waals surface area contributed by atoms with Crippen molar-refractivity contribution in [2.75, 3.05) is 32.8 Å². The van der Waals surface area contributed by atoms with E-state index in [9.17, 15) is 4.79 Å². The molecule has 3 rings (SSSR count). The molecule has 0 aliphatic carbocycles. The summed E-state index contributed by atoms with van der Waals surface area (Å²) in [5.41, 5.74) is 2.26. The molecule has 0 spiro atoms. The number of benzene rings is 1. The Labute approximate surface area is 140 Å². The van der Waals surface area contributed by atoms with Crippen LogP contribution in [0.25, 0.3) is 10.6 Å². The average molecular weight is 331 g/mol. The van der Waals surface area contributed by atoms with Gasteiger partial charge in [-0.3, -0.25) is 4.90 Å². The largest absolute Gasteiger partial charge is 0.450 e. The number of nitrogens with zero attached hydrogens (tertiary/aromatic N) is 3. The predicted octanol–water partition coefficient (Wildman–Crippen LogP) is 3.08. The van der Waals surface area contributed by atoms with E-state index in [0.29, 0.717) is 19.7 Å². The van der Waals surface area contributed by atoms with Gasteiger partial charge in [-0.05, 0) is 6.92 Å². The first kappa shape index (κ1) is 16.0. The standard InChI is InChI=1S/C17H21N3O2S/c1-2-22-17(21)20-10-8-19(9-11-20)12-15-13-23-16(18-15)14-6-4-3-5-7-14/h3-7,13H,2,8-12H2,1H3. The van der Waals surface area contributed by atoms with E-state index >= 15 is 0 Å². The highest BCUT2D eigenvalue weighted by Gasteiger charge is 2.22. The van der Waals surface area contributed by atoms with Gasteiger partial charge >= 0.3 is 6.09 Å². The number of carbonyl (C=O) groups is 1. The summed E-state index contributed by atoms with van der Waals surface area (Å²) in [6.07, 6.45) is -0.202. The second kappa shape index (κ2) is 7.57. The SMILES string of the molecule is CCOC(=O)N1CCN(Cc2csc(-c3ccccc3)n2)CC1. The first-order valence-electron chi connectivity index (χ1n) is 7.90. The summed E-state index contributed by atoms with van der Waals surface area (Å²) in [5.74, 6) is 0. The van der Waals surface area contributed by atoms with E-state index in [1.165, 1.54) is 0 Å². The van der Waals surface area contributed by atoms with E-state index in [-0.39, 0.29) is 6.09 Å². The van der Waals surface area contributed by atoms with Gasteiger partial charge in [-0.2, -0.15) is 0 Å². The minimum atomic E-state index is -0.202. The van der Waals surface area contributed by atoms with E-state index < -0.39 is 0 Å². The molecule has 122 valence electrons. The molecule has 0 unspecified atom stereocenters. The molecule has 1 aromatic carbocycles. The minimum absolute atomic E-state index is 0.202. The van der Waals surface area contributed by atoms with Gasteiger partial charge in [-0.25, -0.2) is 9.78 Å². The number of ether oxygens (including phenoxy) is 1. The lowest BCUT2D eigenvalue weighted by molar-refractivity contribution is 0.0776. The molecule has 2 aromatic rings. The zero-order valence-corrected chi connectivity index (χ0v) is 14.1. The summed E-state index contributed by atoms with van der Waals surface area (Å²) in [7, 11) is 0. The highest BCUT2D eigenvalue weighted by molar-refractivity contribution is 7.13. The lowest BCUT2D eigenvalue weighted by Gasteiger charge is -2.33. The minimum Gasteiger partial charge on any atom is -0.450 e. The first-order chi connectivity index (χ1) is 11.3. The highest BCUT2D eigenvalue weighted by atomic mass is 32.1. The van der Waals surface area contributed by atoms with Crippen LogP contribution in [-0.4, -0.2) is 53.7 Å². The second-order valence-corrected chi connectivity index (χ2v) is 6.33. The van der Waals surface area contributed by atoms with Crippen molar-refractivity contribution in [2.24, 2.45) is 0 Å². The Kier molecular flexibility index (Phi) is 5.25. The second-order valence-electron chi connectivity index (χ2n) is 5.47. The van der Waals surface area contributed by atoms with Crippen LogP contribution in [0.4, 0.5) is 4.79 Å². The quantitative estimate of drug-likeness (QED) is 0.864. The number of rotatable bonds is 4. The summed E-state index contributed by atoms with van der Waals surface area (Å²) in [6.45, 7) is 6.25. The van der Waals surface area contributed by atoms with Crippen molar-refractivity contribution in [3.63, 3.8) is 0 Å². The van der Waals surface area contributed by atoms with Gasteiger partial charge < -0.3 is 9.64 Å². The number of amides is 1. The Bertz CT molecular complexity index is 636. The number of piperazine rings is 1. The molecule has 0 saturated carbocycles. The van der Waals surface area contributed by atoms with Crippen LogP contribution in [-0.2, 0) is 11.3 Å². The van der Waals surface area contributed by atoms with Crippen LogP contribution < -0.4 is 0 Å². The molecule has 1 aromatic heterocycles. The van der Waals surface area contributed by atoms with Gasteiger partial charge in [0.25, 0.3) is 0 Å². The topological polar surface area (TPSA) is 45.7 Å². The van der Waals surface area contributed by atoms with Crippen LogP contribution in [0, 0.1) is 0 Å². The van der Waals surface area contributed by atoms with Gasteiger partial charge in [0.1, 0.15) is 5.01 Å². The Hall–Kier alpha value is -1.92. The maximum atomic E-state index is 11.7. The fourth-order valence-electron chi connectivity index (χ4n) is 2.63. The van der Waals surface area contributed by atoms with Crippen LogP contribution in [0.5, 0.6) is 0 Å². The molecule has 0 bridgehead atoms. The summed E-state index contributed by atoms with van der Waals surface area (Å²) in [4.78, 5) is 20.5. The third-order valence-corrected chi connectivity index (χ3v) is 4.80. The number of carbonyl (C=O) groups excluding carboxylic acids is 1. The van der Waals surface area contributed by atoms with Gasteiger partial charge in [0.05, 0.1) is 12.3 Å². The molecular formula is C17H21N3O2S. The fourth-order valence-corrected chi connectivity index (χ4v) is 3.44. The third kappa shape index (κ3) is 4.09. The van der Waals surface area contributed by atoms with Crippen molar-refractivity contribution in [3.05, 3.63) is 41.4 Å². The first-order valence-corrected chi connectivity index (χ1v) is 8.78. The average Bonchev–Trinajstić information content (AvgIpc) is 3.05.